The second kappa shape index (κ2) is 15.1. The molecule has 36 heavy (non-hydrogen) atoms. The highest BCUT2D eigenvalue weighted by atomic mass is 16.5. The van der Waals surface area contributed by atoms with Crippen molar-refractivity contribution in [3.63, 3.8) is 0 Å². The first-order valence-corrected chi connectivity index (χ1v) is 13.8. The maximum atomic E-state index is 12.7. The molecule has 1 aliphatic heterocycles. The van der Waals surface area contributed by atoms with Crippen LogP contribution in [0.1, 0.15) is 76.5 Å². The van der Waals surface area contributed by atoms with Crippen LogP contribution in [0.2, 0.25) is 0 Å². The van der Waals surface area contributed by atoms with Gasteiger partial charge in [0, 0.05) is 56.6 Å². The summed E-state index contributed by atoms with van der Waals surface area (Å²) in [6.45, 7) is 8.94. The van der Waals surface area contributed by atoms with Gasteiger partial charge in [0.2, 0.25) is 5.91 Å². The molecule has 202 valence electrons. The van der Waals surface area contributed by atoms with E-state index in [0.717, 1.165) is 112 Å². The van der Waals surface area contributed by atoms with E-state index in [1.165, 1.54) is 0 Å². The van der Waals surface area contributed by atoms with E-state index < -0.39 is 0 Å². The van der Waals surface area contributed by atoms with Crippen molar-refractivity contribution in [1.29, 1.82) is 0 Å². The van der Waals surface area contributed by atoms with Crippen molar-refractivity contribution in [3.8, 4) is 0 Å². The first kappa shape index (κ1) is 28.3. The Kier molecular flexibility index (Phi) is 11.9. The lowest BCUT2D eigenvalue weighted by Gasteiger charge is -2.26. The molecule has 3 heterocycles. The molecule has 1 saturated heterocycles. The molecule has 1 fully saturated rings. The fraction of sp³-hybridized carbons (Fsp3) is 0.741. The van der Waals surface area contributed by atoms with E-state index in [9.17, 15) is 4.79 Å². The van der Waals surface area contributed by atoms with E-state index in [4.69, 9.17) is 14.8 Å². The molecule has 0 aromatic carbocycles. The normalized spacial score (nSPS) is 14.6. The molecule has 0 aliphatic carbocycles. The van der Waals surface area contributed by atoms with Gasteiger partial charge in [0.1, 0.15) is 0 Å². The molecule has 2 aromatic heterocycles. The summed E-state index contributed by atoms with van der Waals surface area (Å²) in [7, 11) is 2.04. The fourth-order valence-electron chi connectivity index (χ4n) is 4.86. The van der Waals surface area contributed by atoms with Crippen molar-refractivity contribution in [3.05, 3.63) is 17.5 Å². The number of aryl methyl sites for hydroxylation is 2. The number of nitrogens with one attached hydrogen (secondary N) is 2. The van der Waals surface area contributed by atoms with Crippen LogP contribution in [0, 0.1) is 0 Å². The maximum Gasteiger partial charge on any atom is 0.220 e. The number of aliphatic hydroxyl groups excluding tert-OH is 1. The summed E-state index contributed by atoms with van der Waals surface area (Å²) in [4.78, 5) is 19.8. The van der Waals surface area contributed by atoms with Crippen molar-refractivity contribution < 1.29 is 14.6 Å². The minimum absolute atomic E-state index is 0.0982. The van der Waals surface area contributed by atoms with Gasteiger partial charge in [0.05, 0.1) is 23.9 Å². The minimum atomic E-state index is 0.0982. The summed E-state index contributed by atoms with van der Waals surface area (Å²) in [5.41, 5.74) is 4.06. The third-order valence-electron chi connectivity index (χ3n) is 7.06. The smallest absolute Gasteiger partial charge is 0.220 e. The monoisotopic (exact) mass is 502 g/mol. The first-order valence-electron chi connectivity index (χ1n) is 13.8. The van der Waals surface area contributed by atoms with Gasteiger partial charge in [-0.3, -0.25) is 4.79 Å². The zero-order valence-electron chi connectivity index (χ0n) is 22.5. The van der Waals surface area contributed by atoms with Crippen LogP contribution in [0.3, 0.4) is 0 Å². The quantitative estimate of drug-likeness (QED) is 0.302. The van der Waals surface area contributed by atoms with E-state index in [1.54, 1.807) is 0 Å². The van der Waals surface area contributed by atoms with Gasteiger partial charge in [-0.15, -0.1) is 0 Å². The third-order valence-corrected chi connectivity index (χ3v) is 7.06. The van der Waals surface area contributed by atoms with Gasteiger partial charge in [-0.2, -0.15) is 5.10 Å². The molecule has 0 atom stereocenters. The Hall–Kier alpha value is -2.23. The van der Waals surface area contributed by atoms with Gasteiger partial charge in [0.25, 0.3) is 0 Å². The predicted octanol–water partition coefficient (Wildman–Crippen LogP) is 3.49. The standard InChI is InChI=1S/C27H46N6O3/c1-4-24-22(19-28-25(35)11-9-7-6-8-10-14-32(3)15-16-34)26(30-21-12-17-36-18-13-21)23-20-29-33(5-2)27(23)31-24/h20-21,34H,4-19H2,1-3H3,(H,28,35)(H,30,31). The van der Waals surface area contributed by atoms with Crippen molar-refractivity contribution in [2.24, 2.45) is 0 Å². The van der Waals surface area contributed by atoms with E-state index in [0.29, 0.717) is 19.0 Å². The number of carbonyl (C=O) groups is 1. The number of carbonyl (C=O) groups excluding carboxylic acids is 1. The highest BCUT2D eigenvalue weighted by Gasteiger charge is 2.21. The average Bonchev–Trinajstić information content (AvgIpc) is 3.30. The molecule has 9 nitrogen and oxygen atoms in total. The Morgan fingerprint density at radius 3 is 2.64 bits per heavy atom. The van der Waals surface area contributed by atoms with Crippen molar-refractivity contribution in [2.75, 3.05) is 45.3 Å². The van der Waals surface area contributed by atoms with Crippen molar-refractivity contribution >= 4 is 22.6 Å². The number of aromatic nitrogens is 3. The molecule has 0 saturated carbocycles. The molecule has 2 aromatic rings. The summed E-state index contributed by atoms with van der Waals surface area (Å²) in [6, 6.07) is 0.344. The van der Waals surface area contributed by atoms with Crippen LogP contribution in [-0.2, 0) is 29.0 Å². The number of fused-ring (bicyclic) bond motifs is 1. The molecule has 3 rings (SSSR count). The summed E-state index contributed by atoms with van der Waals surface area (Å²) < 4.78 is 7.49. The Morgan fingerprint density at radius 2 is 1.92 bits per heavy atom. The SMILES string of the molecule is CCc1nc2c(cnn2CC)c(NC2CCOCC2)c1CNC(=O)CCCCCCCN(C)CCO. The number of unbranched alkanes of at least 4 members (excludes halogenated alkanes) is 4. The number of aliphatic hydroxyl groups is 1. The van der Waals surface area contributed by atoms with Crippen molar-refractivity contribution in [1.82, 2.24) is 25.0 Å². The Labute approximate surface area is 216 Å². The number of pyridine rings is 1. The van der Waals surface area contributed by atoms with Gasteiger partial charge in [0.15, 0.2) is 5.65 Å². The topological polar surface area (TPSA) is 105 Å². The number of rotatable bonds is 16. The molecule has 9 heteroatoms. The summed E-state index contributed by atoms with van der Waals surface area (Å²) in [5, 5.41) is 21.5. The van der Waals surface area contributed by atoms with Crippen LogP contribution in [0.15, 0.2) is 6.20 Å². The largest absolute Gasteiger partial charge is 0.395 e. The molecule has 0 unspecified atom stereocenters. The maximum absolute atomic E-state index is 12.7. The minimum Gasteiger partial charge on any atom is -0.395 e. The van der Waals surface area contributed by atoms with Crippen LogP contribution in [-0.4, -0.2) is 76.7 Å². The van der Waals surface area contributed by atoms with Crippen LogP contribution in [0.4, 0.5) is 5.69 Å². The second-order valence-electron chi connectivity index (χ2n) is 9.82. The lowest BCUT2D eigenvalue weighted by molar-refractivity contribution is -0.121. The second-order valence-corrected chi connectivity index (χ2v) is 9.82. The molecule has 1 aliphatic rings. The number of hydrogen-bond donors (Lipinski definition) is 3. The van der Waals surface area contributed by atoms with E-state index in [-0.39, 0.29) is 12.5 Å². The Bertz CT molecular complexity index is 941. The van der Waals surface area contributed by atoms with Crippen LogP contribution in [0.5, 0.6) is 0 Å². The zero-order valence-corrected chi connectivity index (χ0v) is 22.5. The molecule has 3 N–H and O–H groups in total. The number of amides is 1. The number of likely N-dealkylation sites (N-methyl/N-ethyl adjacent to an activating group) is 1. The van der Waals surface area contributed by atoms with E-state index in [2.05, 4.69) is 34.5 Å². The highest BCUT2D eigenvalue weighted by molar-refractivity contribution is 5.91. The predicted molar refractivity (Wildman–Crippen MR) is 144 cm³/mol. The number of nitrogens with zero attached hydrogens (tertiary/aromatic N) is 4. The molecule has 0 radical (unpaired) electrons. The van der Waals surface area contributed by atoms with E-state index in [1.807, 2.05) is 17.9 Å². The van der Waals surface area contributed by atoms with Gasteiger partial charge in [-0.05, 0) is 52.6 Å². The Morgan fingerprint density at radius 1 is 1.17 bits per heavy atom. The summed E-state index contributed by atoms with van der Waals surface area (Å²) in [6.07, 6.45) is 10.6. The van der Waals surface area contributed by atoms with Gasteiger partial charge in [-0.1, -0.05) is 26.2 Å². The first-order chi connectivity index (χ1) is 17.6. The fourth-order valence-corrected chi connectivity index (χ4v) is 4.86. The molecular formula is C27H46N6O3. The van der Waals surface area contributed by atoms with Crippen LogP contribution in [0.25, 0.3) is 11.0 Å². The van der Waals surface area contributed by atoms with Gasteiger partial charge in [-0.25, -0.2) is 9.67 Å². The summed E-state index contributed by atoms with van der Waals surface area (Å²) in [5.74, 6) is 0.0982. The number of ether oxygens (including phenoxy) is 1. The molecule has 1 amide bonds. The Balaban J connectivity index is 1.57. The van der Waals surface area contributed by atoms with Crippen LogP contribution >= 0.6 is 0 Å². The number of anilines is 1. The van der Waals surface area contributed by atoms with Crippen molar-refractivity contribution in [2.45, 2.75) is 90.8 Å². The molecule has 0 bridgehead atoms. The molecule has 0 spiro atoms. The average molecular weight is 503 g/mol. The van der Waals surface area contributed by atoms with E-state index >= 15 is 0 Å². The number of hydrogen-bond acceptors (Lipinski definition) is 7. The third kappa shape index (κ3) is 8.15. The zero-order chi connectivity index (χ0) is 25.8. The van der Waals surface area contributed by atoms with Gasteiger partial charge < -0.3 is 25.4 Å². The summed E-state index contributed by atoms with van der Waals surface area (Å²) >= 11 is 0. The van der Waals surface area contributed by atoms with Gasteiger partial charge >= 0.3 is 0 Å². The van der Waals surface area contributed by atoms with Crippen LogP contribution < -0.4 is 10.6 Å². The highest BCUT2D eigenvalue weighted by Crippen LogP contribution is 2.31. The lowest BCUT2D eigenvalue weighted by Crippen LogP contribution is -2.30. The lowest BCUT2D eigenvalue weighted by atomic mass is 10.0. The molecular weight excluding hydrogens is 456 g/mol.